The molecule has 1 aromatic rings. The first-order chi connectivity index (χ1) is 9.30. The van der Waals surface area contributed by atoms with Crippen LogP contribution in [0.3, 0.4) is 0 Å². The zero-order chi connectivity index (χ0) is 14.9. The number of hydrogen-bond donors (Lipinski definition) is 1. The van der Waals surface area contributed by atoms with Gasteiger partial charge in [0.25, 0.3) is 0 Å². The zero-order valence-electron chi connectivity index (χ0n) is 12.3. The number of piperazine rings is 1. The summed E-state index contributed by atoms with van der Waals surface area (Å²) in [5, 5.41) is 0. The molecule has 0 atom stereocenters. The minimum absolute atomic E-state index is 0.232. The Morgan fingerprint density at radius 3 is 2.30 bits per heavy atom. The van der Waals surface area contributed by atoms with Crippen molar-refractivity contribution < 1.29 is 0 Å². The summed E-state index contributed by atoms with van der Waals surface area (Å²) < 4.78 is 0.973. The first kappa shape index (κ1) is 15.7. The molecule has 0 radical (unpaired) electrons. The summed E-state index contributed by atoms with van der Waals surface area (Å²) in [6.07, 6.45) is 0. The van der Waals surface area contributed by atoms with Crippen molar-refractivity contribution in [3.05, 3.63) is 28.2 Å². The fraction of sp³-hybridized carbons (Fsp3) is 0.533. The van der Waals surface area contributed by atoms with Gasteiger partial charge < -0.3 is 10.6 Å². The summed E-state index contributed by atoms with van der Waals surface area (Å²) in [5.41, 5.74) is 8.20. The SMILES string of the molecule is CC(C)(C)N1CCN(c2cccc(Br)c2C(N)=S)CC1. The van der Waals surface area contributed by atoms with Crippen molar-refractivity contribution in [1.82, 2.24) is 4.90 Å². The molecule has 110 valence electrons. The Labute approximate surface area is 135 Å². The molecule has 1 saturated heterocycles. The molecular formula is C15H22BrN3S. The smallest absolute Gasteiger partial charge is 0.107 e. The highest BCUT2D eigenvalue weighted by molar-refractivity contribution is 9.10. The first-order valence-corrected chi connectivity index (χ1v) is 8.09. The van der Waals surface area contributed by atoms with Crippen LogP contribution in [0.2, 0.25) is 0 Å². The lowest BCUT2D eigenvalue weighted by Gasteiger charge is -2.43. The molecule has 0 spiro atoms. The standard InChI is InChI=1S/C15H22BrN3S/c1-15(2,3)19-9-7-18(8-10-19)12-6-4-5-11(16)13(12)14(17)20/h4-6H,7-10H2,1-3H3,(H2,17,20). The largest absolute Gasteiger partial charge is 0.389 e. The topological polar surface area (TPSA) is 32.5 Å². The Balaban J connectivity index is 2.19. The quantitative estimate of drug-likeness (QED) is 0.826. The average Bonchev–Trinajstić information content (AvgIpc) is 2.37. The van der Waals surface area contributed by atoms with E-state index >= 15 is 0 Å². The average molecular weight is 356 g/mol. The van der Waals surface area contributed by atoms with Crippen LogP contribution in [0.5, 0.6) is 0 Å². The number of thiocarbonyl (C=S) groups is 1. The number of halogens is 1. The van der Waals surface area contributed by atoms with Crippen LogP contribution in [0.4, 0.5) is 5.69 Å². The number of nitrogens with two attached hydrogens (primary N) is 1. The van der Waals surface area contributed by atoms with E-state index in [1.54, 1.807) is 0 Å². The number of anilines is 1. The van der Waals surface area contributed by atoms with Gasteiger partial charge in [-0.3, -0.25) is 4.90 Å². The summed E-state index contributed by atoms with van der Waals surface area (Å²) >= 11 is 8.75. The van der Waals surface area contributed by atoms with E-state index in [-0.39, 0.29) is 5.54 Å². The second kappa shape index (κ2) is 6.00. The molecule has 1 heterocycles. The van der Waals surface area contributed by atoms with Crippen LogP contribution in [0, 0.1) is 0 Å². The number of benzene rings is 1. The van der Waals surface area contributed by atoms with Gasteiger partial charge in [-0.1, -0.05) is 18.3 Å². The molecule has 20 heavy (non-hydrogen) atoms. The molecule has 2 rings (SSSR count). The molecule has 3 nitrogen and oxygen atoms in total. The van der Waals surface area contributed by atoms with Crippen molar-refractivity contribution in [2.45, 2.75) is 26.3 Å². The maximum Gasteiger partial charge on any atom is 0.107 e. The van der Waals surface area contributed by atoms with Crippen molar-refractivity contribution in [3.8, 4) is 0 Å². The van der Waals surface area contributed by atoms with Crippen molar-refractivity contribution in [2.24, 2.45) is 5.73 Å². The van der Waals surface area contributed by atoms with Crippen LogP contribution < -0.4 is 10.6 Å². The lowest BCUT2D eigenvalue weighted by atomic mass is 10.0. The number of nitrogens with zero attached hydrogens (tertiary/aromatic N) is 2. The predicted molar refractivity (Wildman–Crippen MR) is 93.6 cm³/mol. The molecule has 0 amide bonds. The molecule has 1 fully saturated rings. The minimum Gasteiger partial charge on any atom is -0.389 e. The van der Waals surface area contributed by atoms with E-state index in [9.17, 15) is 0 Å². The summed E-state index contributed by atoms with van der Waals surface area (Å²) in [5.74, 6) is 0. The summed E-state index contributed by atoms with van der Waals surface area (Å²) in [6.45, 7) is 10.9. The minimum atomic E-state index is 0.232. The van der Waals surface area contributed by atoms with E-state index in [1.807, 2.05) is 12.1 Å². The van der Waals surface area contributed by atoms with E-state index in [4.69, 9.17) is 18.0 Å². The highest BCUT2D eigenvalue weighted by Gasteiger charge is 2.27. The Hall–Kier alpha value is -0.650. The molecule has 1 aliphatic rings. The number of rotatable bonds is 2. The van der Waals surface area contributed by atoms with E-state index < -0.39 is 0 Å². The lowest BCUT2D eigenvalue weighted by molar-refractivity contribution is 0.128. The van der Waals surface area contributed by atoms with Gasteiger partial charge in [-0.2, -0.15) is 0 Å². The van der Waals surface area contributed by atoms with E-state index in [0.717, 1.165) is 41.9 Å². The third kappa shape index (κ3) is 3.32. The van der Waals surface area contributed by atoms with Crippen LogP contribution >= 0.6 is 28.1 Å². The second-order valence-corrected chi connectivity index (χ2v) is 7.44. The van der Waals surface area contributed by atoms with Crippen molar-refractivity contribution in [1.29, 1.82) is 0 Å². The third-order valence-corrected chi connectivity index (χ3v) is 4.67. The maximum atomic E-state index is 5.88. The molecule has 1 aliphatic heterocycles. The van der Waals surface area contributed by atoms with Gasteiger partial charge >= 0.3 is 0 Å². The fourth-order valence-electron chi connectivity index (χ4n) is 2.64. The third-order valence-electron chi connectivity index (χ3n) is 3.81. The molecular weight excluding hydrogens is 334 g/mol. The molecule has 2 N–H and O–H groups in total. The van der Waals surface area contributed by atoms with Gasteiger partial charge in [0.05, 0.1) is 0 Å². The summed E-state index contributed by atoms with van der Waals surface area (Å²) in [6, 6.07) is 6.13. The molecule has 1 aromatic carbocycles. The lowest BCUT2D eigenvalue weighted by Crippen LogP contribution is -2.53. The van der Waals surface area contributed by atoms with Gasteiger partial charge in [0, 0.05) is 47.4 Å². The predicted octanol–water partition coefficient (Wildman–Crippen LogP) is 3.00. The summed E-state index contributed by atoms with van der Waals surface area (Å²) in [4.78, 5) is 5.34. The van der Waals surface area contributed by atoms with E-state index in [1.165, 1.54) is 0 Å². The molecule has 0 unspecified atom stereocenters. The van der Waals surface area contributed by atoms with Gasteiger partial charge in [-0.05, 0) is 48.8 Å². The highest BCUT2D eigenvalue weighted by Crippen LogP contribution is 2.29. The van der Waals surface area contributed by atoms with Crippen molar-refractivity contribution in [2.75, 3.05) is 31.1 Å². The molecule has 0 aliphatic carbocycles. The monoisotopic (exact) mass is 355 g/mol. The van der Waals surface area contributed by atoms with Gasteiger partial charge in [0.1, 0.15) is 4.99 Å². The van der Waals surface area contributed by atoms with Gasteiger partial charge in [-0.15, -0.1) is 0 Å². The van der Waals surface area contributed by atoms with Crippen LogP contribution in [0.1, 0.15) is 26.3 Å². The van der Waals surface area contributed by atoms with Gasteiger partial charge in [0.15, 0.2) is 0 Å². The highest BCUT2D eigenvalue weighted by atomic mass is 79.9. The van der Waals surface area contributed by atoms with Gasteiger partial charge in [0.2, 0.25) is 0 Å². The molecule has 0 bridgehead atoms. The second-order valence-electron chi connectivity index (χ2n) is 6.14. The van der Waals surface area contributed by atoms with Crippen LogP contribution in [0.25, 0.3) is 0 Å². The number of hydrogen-bond acceptors (Lipinski definition) is 3. The molecule has 5 heteroatoms. The van der Waals surface area contributed by atoms with Crippen LogP contribution in [0.15, 0.2) is 22.7 Å². The maximum absolute atomic E-state index is 5.88. The zero-order valence-corrected chi connectivity index (χ0v) is 14.7. The van der Waals surface area contributed by atoms with E-state index in [2.05, 4.69) is 52.6 Å². The van der Waals surface area contributed by atoms with Crippen LogP contribution in [-0.4, -0.2) is 41.6 Å². The Morgan fingerprint density at radius 2 is 1.80 bits per heavy atom. The van der Waals surface area contributed by atoms with Crippen molar-refractivity contribution in [3.63, 3.8) is 0 Å². The molecule has 0 saturated carbocycles. The fourth-order valence-corrected chi connectivity index (χ4v) is 3.55. The van der Waals surface area contributed by atoms with E-state index in [0.29, 0.717) is 4.99 Å². The summed E-state index contributed by atoms with van der Waals surface area (Å²) in [7, 11) is 0. The van der Waals surface area contributed by atoms with Gasteiger partial charge in [-0.25, -0.2) is 0 Å². The Kier molecular flexibility index (Phi) is 4.72. The van der Waals surface area contributed by atoms with Crippen molar-refractivity contribution >= 4 is 38.8 Å². The Morgan fingerprint density at radius 1 is 1.20 bits per heavy atom. The van der Waals surface area contributed by atoms with Crippen LogP contribution in [-0.2, 0) is 0 Å². The normalized spacial score (nSPS) is 17.3. The Bertz CT molecular complexity index is 502. The first-order valence-electron chi connectivity index (χ1n) is 6.89. The molecule has 0 aromatic heterocycles.